The number of benzene rings is 2. The molecule has 1 amide bonds. The highest BCUT2D eigenvalue weighted by atomic mass is 19.1. The van der Waals surface area contributed by atoms with Crippen LogP contribution in [0.4, 0.5) is 10.1 Å². The van der Waals surface area contributed by atoms with Gasteiger partial charge in [0, 0.05) is 17.5 Å². The number of aromatic nitrogens is 1. The molecule has 0 fully saturated rings. The lowest BCUT2D eigenvalue weighted by atomic mass is 10.0. The quantitative estimate of drug-likeness (QED) is 0.611. The molecule has 156 valence electrons. The van der Waals surface area contributed by atoms with Crippen molar-refractivity contribution in [2.45, 2.75) is 20.3 Å². The average molecular weight is 410 g/mol. The Morgan fingerprint density at radius 1 is 1.10 bits per heavy atom. The number of fused-ring (bicyclic) bond motifs is 1. The SMILES string of the molecule is COC(=O)c1cc(NC(=O)C(C)C)c2cc(Cc3ccc(F)cc3)cnc2c1OC. The van der Waals surface area contributed by atoms with Crippen LogP contribution in [0, 0.1) is 11.7 Å². The highest BCUT2D eigenvalue weighted by molar-refractivity contribution is 6.09. The summed E-state index contributed by atoms with van der Waals surface area (Å²) in [6.45, 7) is 3.56. The summed E-state index contributed by atoms with van der Waals surface area (Å²) in [5.74, 6) is -1.06. The van der Waals surface area contributed by atoms with E-state index < -0.39 is 5.97 Å². The van der Waals surface area contributed by atoms with E-state index in [1.807, 2.05) is 6.07 Å². The number of methoxy groups -OCH3 is 2. The van der Waals surface area contributed by atoms with Crippen LogP contribution in [0.2, 0.25) is 0 Å². The number of nitrogens with zero attached hydrogens (tertiary/aromatic N) is 1. The third-order valence-corrected chi connectivity index (χ3v) is 4.70. The van der Waals surface area contributed by atoms with Crippen LogP contribution in [-0.4, -0.2) is 31.1 Å². The Bertz CT molecular complexity index is 1090. The number of ether oxygens (including phenoxy) is 2. The number of esters is 1. The van der Waals surface area contributed by atoms with Crippen molar-refractivity contribution in [3.8, 4) is 5.75 Å². The van der Waals surface area contributed by atoms with Gasteiger partial charge < -0.3 is 14.8 Å². The molecule has 0 unspecified atom stereocenters. The van der Waals surface area contributed by atoms with Crippen LogP contribution >= 0.6 is 0 Å². The van der Waals surface area contributed by atoms with E-state index in [1.54, 1.807) is 32.2 Å². The molecule has 0 aliphatic carbocycles. The second kappa shape index (κ2) is 8.90. The fourth-order valence-corrected chi connectivity index (χ4v) is 3.09. The largest absolute Gasteiger partial charge is 0.494 e. The first kappa shape index (κ1) is 21.2. The molecule has 6 nitrogen and oxygen atoms in total. The van der Waals surface area contributed by atoms with Gasteiger partial charge in [0.25, 0.3) is 0 Å². The van der Waals surface area contributed by atoms with Gasteiger partial charge in [0.1, 0.15) is 16.9 Å². The summed E-state index contributed by atoms with van der Waals surface area (Å²) in [6, 6.07) is 9.65. The van der Waals surface area contributed by atoms with Gasteiger partial charge in [-0.25, -0.2) is 9.18 Å². The van der Waals surface area contributed by atoms with E-state index in [2.05, 4.69) is 10.3 Å². The molecule has 3 aromatic rings. The van der Waals surface area contributed by atoms with Gasteiger partial charge in [-0.15, -0.1) is 0 Å². The Balaban J connectivity index is 2.15. The first-order valence-electron chi connectivity index (χ1n) is 9.47. The Kier molecular flexibility index (Phi) is 6.30. The van der Waals surface area contributed by atoms with E-state index in [9.17, 15) is 14.0 Å². The van der Waals surface area contributed by atoms with Crippen LogP contribution in [0.5, 0.6) is 5.75 Å². The van der Waals surface area contributed by atoms with E-state index in [0.717, 1.165) is 11.1 Å². The van der Waals surface area contributed by atoms with Crippen molar-refractivity contribution in [2.24, 2.45) is 5.92 Å². The number of hydrogen-bond acceptors (Lipinski definition) is 5. The highest BCUT2D eigenvalue weighted by Crippen LogP contribution is 2.35. The molecule has 0 radical (unpaired) electrons. The number of hydrogen-bond donors (Lipinski definition) is 1. The summed E-state index contributed by atoms with van der Waals surface area (Å²) in [5, 5.41) is 3.49. The molecule has 1 N–H and O–H groups in total. The van der Waals surface area contributed by atoms with Crippen LogP contribution in [0.15, 0.2) is 42.6 Å². The number of carbonyl (C=O) groups excluding carboxylic acids is 2. The summed E-state index contributed by atoms with van der Waals surface area (Å²) in [6.07, 6.45) is 2.20. The predicted octanol–water partition coefficient (Wildman–Crippen LogP) is 4.35. The van der Waals surface area contributed by atoms with Crippen molar-refractivity contribution in [2.75, 3.05) is 19.5 Å². The smallest absolute Gasteiger partial charge is 0.341 e. The topological polar surface area (TPSA) is 77.5 Å². The van der Waals surface area contributed by atoms with Gasteiger partial charge in [0.05, 0.1) is 19.9 Å². The van der Waals surface area contributed by atoms with Gasteiger partial charge in [-0.1, -0.05) is 26.0 Å². The van der Waals surface area contributed by atoms with Crippen LogP contribution in [-0.2, 0) is 16.0 Å². The normalized spacial score (nSPS) is 10.9. The minimum atomic E-state index is -0.592. The summed E-state index contributed by atoms with van der Waals surface area (Å²) < 4.78 is 23.5. The van der Waals surface area contributed by atoms with E-state index in [0.29, 0.717) is 23.0 Å². The number of halogens is 1. The van der Waals surface area contributed by atoms with Crippen molar-refractivity contribution in [3.05, 3.63) is 65.1 Å². The predicted molar refractivity (Wildman–Crippen MR) is 112 cm³/mol. The first-order valence-corrected chi connectivity index (χ1v) is 9.47. The van der Waals surface area contributed by atoms with Crippen molar-refractivity contribution in [1.29, 1.82) is 0 Å². The molecule has 1 heterocycles. The van der Waals surface area contributed by atoms with Crippen molar-refractivity contribution in [3.63, 3.8) is 0 Å². The van der Waals surface area contributed by atoms with Crippen molar-refractivity contribution in [1.82, 2.24) is 4.98 Å². The van der Waals surface area contributed by atoms with Gasteiger partial charge in [-0.05, 0) is 41.8 Å². The molecular weight excluding hydrogens is 387 g/mol. The molecule has 0 atom stereocenters. The van der Waals surface area contributed by atoms with Crippen LogP contribution < -0.4 is 10.1 Å². The molecule has 0 aliphatic rings. The molecule has 1 aromatic heterocycles. The van der Waals surface area contributed by atoms with Gasteiger partial charge in [0.15, 0.2) is 5.75 Å². The minimum Gasteiger partial charge on any atom is -0.494 e. The van der Waals surface area contributed by atoms with Crippen LogP contribution in [0.1, 0.15) is 35.3 Å². The summed E-state index contributed by atoms with van der Waals surface area (Å²) in [5.41, 5.74) is 2.83. The minimum absolute atomic E-state index is 0.172. The zero-order valence-electron chi connectivity index (χ0n) is 17.3. The Morgan fingerprint density at radius 2 is 1.80 bits per heavy atom. The van der Waals surface area contributed by atoms with Crippen molar-refractivity contribution >= 4 is 28.5 Å². The first-order chi connectivity index (χ1) is 14.3. The number of anilines is 1. The molecule has 0 aliphatic heterocycles. The number of nitrogens with one attached hydrogen (secondary N) is 1. The molecule has 0 bridgehead atoms. The van der Waals surface area contributed by atoms with Gasteiger partial charge in [-0.2, -0.15) is 0 Å². The fraction of sp³-hybridized carbons (Fsp3) is 0.261. The van der Waals surface area contributed by atoms with Crippen LogP contribution in [0.3, 0.4) is 0 Å². The fourth-order valence-electron chi connectivity index (χ4n) is 3.09. The third-order valence-electron chi connectivity index (χ3n) is 4.70. The second-order valence-corrected chi connectivity index (χ2v) is 7.18. The maximum absolute atomic E-state index is 13.2. The van der Waals surface area contributed by atoms with Gasteiger partial charge in [0.2, 0.25) is 5.91 Å². The zero-order valence-corrected chi connectivity index (χ0v) is 17.3. The number of amides is 1. The lowest BCUT2D eigenvalue weighted by Gasteiger charge is -2.16. The van der Waals surface area contributed by atoms with E-state index in [1.165, 1.54) is 32.4 Å². The standard InChI is InChI=1S/C23H23FN2O4/c1-13(2)22(27)26-19-11-18(23(28)30-4)21(29-3)20-17(19)10-15(12-25-20)9-14-5-7-16(24)8-6-14/h5-8,10-13H,9H2,1-4H3,(H,26,27). The summed E-state index contributed by atoms with van der Waals surface area (Å²) in [7, 11) is 2.72. The number of carbonyl (C=O) groups is 2. The monoisotopic (exact) mass is 410 g/mol. The second-order valence-electron chi connectivity index (χ2n) is 7.18. The molecule has 0 spiro atoms. The highest BCUT2D eigenvalue weighted by Gasteiger charge is 2.22. The number of pyridine rings is 1. The van der Waals surface area contributed by atoms with E-state index >= 15 is 0 Å². The lowest BCUT2D eigenvalue weighted by Crippen LogP contribution is -2.18. The Morgan fingerprint density at radius 3 is 2.40 bits per heavy atom. The molecule has 7 heteroatoms. The third kappa shape index (κ3) is 4.40. The van der Waals surface area contributed by atoms with E-state index in [4.69, 9.17) is 9.47 Å². The molecule has 3 rings (SSSR count). The maximum atomic E-state index is 13.2. The molecule has 30 heavy (non-hydrogen) atoms. The Labute approximate surface area is 174 Å². The molecule has 0 saturated heterocycles. The molecule has 2 aromatic carbocycles. The summed E-state index contributed by atoms with van der Waals surface area (Å²) in [4.78, 5) is 29.1. The van der Waals surface area contributed by atoms with Crippen LogP contribution in [0.25, 0.3) is 10.9 Å². The van der Waals surface area contributed by atoms with Gasteiger partial charge >= 0.3 is 5.97 Å². The average Bonchev–Trinajstić information content (AvgIpc) is 2.74. The Hall–Kier alpha value is -3.48. The zero-order chi connectivity index (χ0) is 21.8. The number of rotatable bonds is 6. The molecular formula is C23H23FN2O4. The maximum Gasteiger partial charge on any atom is 0.341 e. The summed E-state index contributed by atoms with van der Waals surface area (Å²) >= 11 is 0. The lowest BCUT2D eigenvalue weighted by molar-refractivity contribution is -0.118. The van der Waals surface area contributed by atoms with Crippen molar-refractivity contribution < 1.29 is 23.5 Å². The van der Waals surface area contributed by atoms with Gasteiger partial charge in [-0.3, -0.25) is 9.78 Å². The van der Waals surface area contributed by atoms with E-state index in [-0.39, 0.29) is 29.0 Å². The molecule has 0 saturated carbocycles.